The molecule has 3 saturated carbocycles. The lowest BCUT2D eigenvalue weighted by atomic mass is 9.41. The first-order valence-electron chi connectivity index (χ1n) is 12.6. The number of likely N-dealkylation sites (N-methyl/N-ethyl adjacent to an activating group) is 1. The lowest BCUT2D eigenvalue weighted by Crippen LogP contribution is -2.64. The van der Waals surface area contributed by atoms with Crippen LogP contribution in [0, 0.1) is 39.9 Å². The SMILES string of the molecule is CC(C)CCCCC1(C)CC2N(C)C(=O)C=C[C@]2(C)[C@@H]2CC[C@]3(C)CCC[C@H]3[C@@H]21. The third-order valence-electron chi connectivity index (χ3n) is 10.2. The Morgan fingerprint density at radius 3 is 2.59 bits per heavy atom. The summed E-state index contributed by atoms with van der Waals surface area (Å²) in [6.45, 7) is 12.4. The number of carbonyl (C=O) groups excluding carboxylic acids is 1. The first kappa shape index (κ1) is 21.4. The molecule has 0 N–H and O–H groups in total. The van der Waals surface area contributed by atoms with Crippen molar-refractivity contribution in [3.05, 3.63) is 12.2 Å². The standard InChI is InChI=1S/C27H45NO/c1-19(2)10-7-8-14-26(4)18-22-27(5,17-13-23(29)28(22)6)21-12-16-25(3)15-9-11-20(25)24(21)26/h13,17,19-22,24H,7-12,14-16,18H2,1-6H3/t20-,21+,22?,24-,25-,26?,27+/m0/s1. The summed E-state index contributed by atoms with van der Waals surface area (Å²) >= 11 is 0. The fraction of sp³-hybridized carbons (Fsp3) is 0.889. The molecule has 0 bridgehead atoms. The molecule has 3 aliphatic carbocycles. The van der Waals surface area contributed by atoms with Crippen LogP contribution in [0.3, 0.4) is 0 Å². The van der Waals surface area contributed by atoms with E-state index in [2.05, 4.69) is 52.6 Å². The van der Waals surface area contributed by atoms with Crippen LogP contribution in [0.2, 0.25) is 0 Å². The smallest absolute Gasteiger partial charge is 0.246 e. The van der Waals surface area contributed by atoms with Crippen molar-refractivity contribution in [2.75, 3.05) is 7.05 Å². The highest BCUT2D eigenvalue weighted by Crippen LogP contribution is 2.69. The summed E-state index contributed by atoms with van der Waals surface area (Å²) in [7, 11) is 2.07. The maximum absolute atomic E-state index is 12.6. The zero-order valence-electron chi connectivity index (χ0n) is 20.0. The summed E-state index contributed by atoms with van der Waals surface area (Å²) in [5.74, 6) is 3.49. The second-order valence-electron chi connectivity index (χ2n) is 12.5. The van der Waals surface area contributed by atoms with Gasteiger partial charge in [-0.15, -0.1) is 0 Å². The number of unbranched alkanes of at least 4 members (excludes halogenated alkanes) is 1. The van der Waals surface area contributed by atoms with Crippen molar-refractivity contribution in [2.45, 2.75) is 105 Å². The van der Waals surface area contributed by atoms with Gasteiger partial charge in [0.15, 0.2) is 0 Å². The second kappa shape index (κ2) is 7.41. The van der Waals surface area contributed by atoms with Gasteiger partial charge in [0.25, 0.3) is 0 Å². The van der Waals surface area contributed by atoms with Crippen molar-refractivity contribution in [3.63, 3.8) is 0 Å². The van der Waals surface area contributed by atoms with Gasteiger partial charge in [-0.1, -0.05) is 66.4 Å². The van der Waals surface area contributed by atoms with Gasteiger partial charge in [-0.05, 0) is 79.1 Å². The zero-order chi connectivity index (χ0) is 21.0. The topological polar surface area (TPSA) is 20.3 Å². The minimum atomic E-state index is 0.161. The highest BCUT2D eigenvalue weighted by atomic mass is 16.2. The number of carbonyl (C=O) groups is 1. The molecule has 2 unspecified atom stereocenters. The molecule has 1 aliphatic heterocycles. The van der Waals surface area contributed by atoms with Crippen LogP contribution in [-0.2, 0) is 4.79 Å². The van der Waals surface area contributed by atoms with Crippen LogP contribution in [0.5, 0.6) is 0 Å². The van der Waals surface area contributed by atoms with Gasteiger partial charge in [-0.3, -0.25) is 4.79 Å². The molecule has 4 rings (SSSR count). The predicted molar refractivity (Wildman–Crippen MR) is 121 cm³/mol. The molecule has 7 atom stereocenters. The molecule has 0 radical (unpaired) electrons. The number of amides is 1. The van der Waals surface area contributed by atoms with Gasteiger partial charge in [0.2, 0.25) is 5.91 Å². The van der Waals surface area contributed by atoms with E-state index in [4.69, 9.17) is 0 Å². The highest BCUT2D eigenvalue weighted by molar-refractivity contribution is 5.89. The summed E-state index contributed by atoms with van der Waals surface area (Å²) in [6, 6.07) is 0.377. The Morgan fingerprint density at radius 1 is 1.10 bits per heavy atom. The third kappa shape index (κ3) is 3.41. The molecule has 3 fully saturated rings. The van der Waals surface area contributed by atoms with Crippen molar-refractivity contribution in [1.29, 1.82) is 0 Å². The first-order chi connectivity index (χ1) is 13.6. The maximum atomic E-state index is 12.6. The lowest BCUT2D eigenvalue weighted by Gasteiger charge is -2.65. The number of hydrogen-bond donors (Lipinski definition) is 0. The van der Waals surface area contributed by atoms with E-state index in [9.17, 15) is 4.79 Å². The lowest BCUT2D eigenvalue weighted by molar-refractivity contribution is -0.161. The molecule has 1 amide bonds. The molecule has 1 heterocycles. The summed E-state index contributed by atoms with van der Waals surface area (Å²) in [4.78, 5) is 14.7. The molecule has 0 spiro atoms. The summed E-state index contributed by atoms with van der Waals surface area (Å²) in [5, 5.41) is 0. The van der Waals surface area contributed by atoms with Gasteiger partial charge in [-0.25, -0.2) is 0 Å². The number of fused-ring (bicyclic) bond motifs is 5. The predicted octanol–water partition coefficient (Wildman–Crippen LogP) is 6.85. The second-order valence-corrected chi connectivity index (χ2v) is 12.5. The van der Waals surface area contributed by atoms with Gasteiger partial charge in [-0.2, -0.15) is 0 Å². The van der Waals surface area contributed by atoms with E-state index in [1.54, 1.807) is 0 Å². The molecule has 2 heteroatoms. The van der Waals surface area contributed by atoms with Crippen molar-refractivity contribution in [3.8, 4) is 0 Å². The number of nitrogens with zero attached hydrogens (tertiary/aromatic N) is 1. The summed E-state index contributed by atoms with van der Waals surface area (Å²) < 4.78 is 0. The Kier molecular flexibility index (Phi) is 5.48. The molecule has 29 heavy (non-hydrogen) atoms. The minimum Gasteiger partial charge on any atom is -0.338 e. The van der Waals surface area contributed by atoms with E-state index in [0.29, 0.717) is 16.9 Å². The molecule has 2 nitrogen and oxygen atoms in total. The van der Waals surface area contributed by atoms with Gasteiger partial charge < -0.3 is 4.90 Å². The van der Waals surface area contributed by atoms with Gasteiger partial charge in [0.05, 0.1) is 0 Å². The Bertz CT molecular complexity index is 667. The average Bonchev–Trinajstić information content (AvgIpc) is 3.06. The van der Waals surface area contributed by atoms with E-state index in [1.807, 2.05) is 6.08 Å². The van der Waals surface area contributed by atoms with E-state index in [1.165, 1.54) is 64.2 Å². The quantitative estimate of drug-likeness (QED) is 0.463. The molecule has 164 valence electrons. The Balaban J connectivity index is 1.68. The normalized spacial score (nSPS) is 46.6. The molecular formula is C27H45NO. The van der Waals surface area contributed by atoms with Gasteiger partial charge in [0.1, 0.15) is 0 Å². The Hall–Kier alpha value is -0.790. The van der Waals surface area contributed by atoms with Crippen LogP contribution in [-0.4, -0.2) is 23.9 Å². The van der Waals surface area contributed by atoms with E-state index in [-0.39, 0.29) is 11.3 Å². The molecular weight excluding hydrogens is 354 g/mol. The van der Waals surface area contributed by atoms with Gasteiger partial charge >= 0.3 is 0 Å². The van der Waals surface area contributed by atoms with Crippen LogP contribution in [0.15, 0.2) is 12.2 Å². The third-order valence-corrected chi connectivity index (χ3v) is 10.2. The Morgan fingerprint density at radius 2 is 1.86 bits per heavy atom. The van der Waals surface area contributed by atoms with Crippen molar-refractivity contribution < 1.29 is 4.79 Å². The average molecular weight is 400 g/mol. The fourth-order valence-electron chi connectivity index (χ4n) is 8.50. The van der Waals surface area contributed by atoms with E-state index < -0.39 is 0 Å². The highest BCUT2D eigenvalue weighted by Gasteiger charge is 2.63. The van der Waals surface area contributed by atoms with E-state index >= 15 is 0 Å². The van der Waals surface area contributed by atoms with Crippen LogP contribution in [0.4, 0.5) is 0 Å². The van der Waals surface area contributed by atoms with E-state index in [0.717, 1.165) is 23.7 Å². The largest absolute Gasteiger partial charge is 0.338 e. The first-order valence-corrected chi connectivity index (χ1v) is 12.6. The molecule has 4 aliphatic rings. The molecule has 0 aromatic rings. The van der Waals surface area contributed by atoms with Crippen molar-refractivity contribution in [2.24, 2.45) is 39.9 Å². The van der Waals surface area contributed by atoms with Crippen LogP contribution in [0.25, 0.3) is 0 Å². The van der Waals surface area contributed by atoms with Crippen molar-refractivity contribution in [1.82, 2.24) is 4.90 Å². The molecule has 0 saturated heterocycles. The zero-order valence-corrected chi connectivity index (χ0v) is 20.0. The monoisotopic (exact) mass is 399 g/mol. The molecule has 0 aromatic carbocycles. The maximum Gasteiger partial charge on any atom is 0.246 e. The summed E-state index contributed by atoms with van der Waals surface area (Å²) in [5.41, 5.74) is 1.11. The number of rotatable bonds is 5. The minimum absolute atomic E-state index is 0.161. The van der Waals surface area contributed by atoms with Gasteiger partial charge in [0, 0.05) is 18.5 Å². The summed E-state index contributed by atoms with van der Waals surface area (Å²) in [6.07, 6.45) is 17.9. The number of hydrogen-bond acceptors (Lipinski definition) is 1. The Labute approximate surface area is 179 Å². The van der Waals surface area contributed by atoms with Crippen LogP contribution in [0.1, 0.15) is 98.8 Å². The van der Waals surface area contributed by atoms with Crippen LogP contribution < -0.4 is 0 Å². The van der Waals surface area contributed by atoms with Crippen LogP contribution >= 0.6 is 0 Å². The molecule has 0 aromatic heterocycles. The fourth-order valence-corrected chi connectivity index (χ4v) is 8.50. The van der Waals surface area contributed by atoms with Crippen molar-refractivity contribution >= 4 is 5.91 Å².